The summed E-state index contributed by atoms with van der Waals surface area (Å²) in [6, 6.07) is 15.0. The molecule has 0 spiro atoms. The van der Waals surface area contributed by atoms with Crippen molar-refractivity contribution in [1.29, 1.82) is 0 Å². The number of hydrogen-bond donors (Lipinski definition) is 2. The number of carbonyl (C=O) groups is 1. The van der Waals surface area contributed by atoms with E-state index in [1.807, 2.05) is 12.1 Å². The summed E-state index contributed by atoms with van der Waals surface area (Å²) in [5, 5.41) is 6.25. The number of rotatable bonds is 4. The van der Waals surface area contributed by atoms with Crippen LogP contribution in [0.25, 0.3) is 0 Å². The quantitative estimate of drug-likeness (QED) is 0.877. The van der Waals surface area contributed by atoms with Crippen LogP contribution >= 0.6 is 11.6 Å². The van der Waals surface area contributed by atoms with E-state index in [0.717, 1.165) is 12.1 Å². The summed E-state index contributed by atoms with van der Waals surface area (Å²) in [5.41, 5.74) is 3.22. The third-order valence-electron chi connectivity index (χ3n) is 3.04. The largest absolute Gasteiger partial charge is 0.338 e. The summed E-state index contributed by atoms with van der Waals surface area (Å²) in [5.74, 6) is 0. The zero-order valence-corrected chi connectivity index (χ0v) is 12.1. The Balaban J connectivity index is 1.78. The van der Waals surface area contributed by atoms with Gasteiger partial charge in [-0.2, -0.15) is 0 Å². The number of urea groups is 1. The summed E-state index contributed by atoms with van der Waals surface area (Å²) in [4.78, 5) is 11.7. The van der Waals surface area contributed by atoms with Crippen LogP contribution in [0.1, 0.15) is 11.1 Å². The maximum absolute atomic E-state index is 11.7. The molecular weight excluding hydrogens is 272 g/mol. The van der Waals surface area contributed by atoms with Gasteiger partial charge in [-0.3, -0.25) is 0 Å². The second-order valence-electron chi connectivity index (χ2n) is 4.56. The second-order valence-corrected chi connectivity index (χ2v) is 5.00. The Morgan fingerprint density at radius 2 is 1.80 bits per heavy atom. The monoisotopic (exact) mass is 288 g/mol. The van der Waals surface area contributed by atoms with E-state index in [9.17, 15) is 4.79 Å². The molecule has 0 atom stereocenters. The van der Waals surface area contributed by atoms with E-state index in [-0.39, 0.29) is 6.03 Å². The number of halogens is 1. The van der Waals surface area contributed by atoms with Crippen molar-refractivity contribution < 1.29 is 4.79 Å². The molecule has 2 rings (SSSR count). The summed E-state index contributed by atoms with van der Waals surface area (Å²) in [7, 11) is 0. The summed E-state index contributed by atoms with van der Waals surface area (Å²) in [6.45, 7) is 2.67. The van der Waals surface area contributed by atoms with Crippen molar-refractivity contribution in [3.63, 3.8) is 0 Å². The molecule has 0 saturated carbocycles. The van der Waals surface area contributed by atoms with E-state index < -0.39 is 0 Å². The summed E-state index contributed by atoms with van der Waals surface area (Å²) >= 11 is 5.79. The highest BCUT2D eigenvalue weighted by Gasteiger charge is 2.02. The lowest BCUT2D eigenvalue weighted by Crippen LogP contribution is -2.30. The molecule has 0 saturated heterocycles. The van der Waals surface area contributed by atoms with E-state index in [1.54, 1.807) is 24.3 Å². The summed E-state index contributed by atoms with van der Waals surface area (Å²) < 4.78 is 0. The Labute approximate surface area is 124 Å². The Morgan fingerprint density at radius 1 is 1.10 bits per heavy atom. The van der Waals surface area contributed by atoms with Gasteiger partial charge < -0.3 is 10.6 Å². The Bertz CT molecular complexity index is 581. The number of carbonyl (C=O) groups excluding carboxylic acids is 1. The van der Waals surface area contributed by atoms with Gasteiger partial charge >= 0.3 is 6.03 Å². The third-order valence-corrected chi connectivity index (χ3v) is 3.30. The van der Waals surface area contributed by atoms with Crippen LogP contribution < -0.4 is 10.6 Å². The molecule has 0 radical (unpaired) electrons. The highest BCUT2D eigenvalue weighted by Crippen LogP contribution is 2.13. The normalized spacial score (nSPS) is 10.1. The van der Waals surface area contributed by atoms with Crippen molar-refractivity contribution in [3.8, 4) is 0 Å². The van der Waals surface area contributed by atoms with Crippen molar-refractivity contribution in [1.82, 2.24) is 5.32 Å². The average molecular weight is 289 g/mol. The molecular formula is C16H17ClN2O. The number of nitrogens with one attached hydrogen (secondary N) is 2. The molecule has 2 aromatic carbocycles. The predicted molar refractivity (Wildman–Crippen MR) is 83.4 cm³/mol. The fourth-order valence-corrected chi connectivity index (χ4v) is 2.04. The van der Waals surface area contributed by atoms with E-state index in [1.165, 1.54) is 11.1 Å². The maximum Gasteiger partial charge on any atom is 0.319 e. The molecule has 0 aliphatic carbocycles. The van der Waals surface area contributed by atoms with Crippen molar-refractivity contribution in [2.45, 2.75) is 13.3 Å². The second kappa shape index (κ2) is 6.96. The molecule has 20 heavy (non-hydrogen) atoms. The third kappa shape index (κ3) is 4.28. The van der Waals surface area contributed by atoms with Crippen LogP contribution in [0, 0.1) is 6.92 Å². The molecule has 0 aliphatic heterocycles. The Hall–Kier alpha value is -2.00. The van der Waals surface area contributed by atoms with Gasteiger partial charge in [-0.05, 0) is 48.7 Å². The number of hydrogen-bond acceptors (Lipinski definition) is 1. The molecule has 2 amide bonds. The molecule has 0 aliphatic rings. The fraction of sp³-hybridized carbons (Fsp3) is 0.188. The van der Waals surface area contributed by atoms with E-state index in [4.69, 9.17) is 11.6 Å². The van der Waals surface area contributed by atoms with Crippen LogP contribution in [0.3, 0.4) is 0 Å². The van der Waals surface area contributed by atoms with Crippen molar-refractivity contribution in [2.24, 2.45) is 0 Å². The highest BCUT2D eigenvalue weighted by molar-refractivity contribution is 6.30. The zero-order chi connectivity index (χ0) is 14.4. The first kappa shape index (κ1) is 14.4. The van der Waals surface area contributed by atoms with Gasteiger partial charge in [0.25, 0.3) is 0 Å². The van der Waals surface area contributed by atoms with Crippen LogP contribution in [0.5, 0.6) is 0 Å². The van der Waals surface area contributed by atoms with Gasteiger partial charge in [0.2, 0.25) is 0 Å². The molecule has 0 fully saturated rings. The molecule has 0 heterocycles. The lowest BCUT2D eigenvalue weighted by Gasteiger charge is -2.09. The Morgan fingerprint density at radius 3 is 2.50 bits per heavy atom. The molecule has 3 nitrogen and oxygen atoms in total. The van der Waals surface area contributed by atoms with Gasteiger partial charge in [0.1, 0.15) is 0 Å². The van der Waals surface area contributed by atoms with Gasteiger partial charge in [0.15, 0.2) is 0 Å². The SMILES string of the molecule is Cc1ccccc1CCNC(=O)Nc1ccc(Cl)cc1. The van der Waals surface area contributed by atoms with Crippen molar-refractivity contribution in [3.05, 3.63) is 64.7 Å². The first-order valence-corrected chi connectivity index (χ1v) is 6.88. The predicted octanol–water partition coefficient (Wildman–Crippen LogP) is 4.01. The van der Waals surface area contributed by atoms with Crippen molar-refractivity contribution >= 4 is 23.3 Å². The van der Waals surface area contributed by atoms with Crippen LogP contribution in [-0.4, -0.2) is 12.6 Å². The molecule has 0 unspecified atom stereocenters. The maximum atomic E-state index is 11.7. The molecule has 0 bridgehead atoms. The average Bonchev–Trinajstić information content (AvgIpc) is 2.43. The topological polar surface area (TPSA) is 41.1 Å². The molecule has 2 N–H and O–H groups in total. The highest BCUT2D eigenvalue weighted by atomic mass is 35.5. The molecule has 2 aromatic rings. The van der Waals surface area contributed by atoms with Gasteiger partial charge in [0, 0.05) is 17.3 Å². The number of amides is 2. The van der Waals surface area contributed by atoms with E-state index >= 15 is 0 Å². The number of benzene rings is 2. The number of aryl methyl sites for hydroxylation is 1. The van der Waals surface area contributed by atoms with Crippen LogP contribution in [0.2, 0.25) is 5.02 Å². The lowest BCUT2D eigenvalue weighted by atomic mass is 10.1. The van der Waals surface area contributed by atoms with Gasteiger partial charge in [-0.25, -0.2) is 4.79 Å². The first-order chi connectivity index (χ1) is 9.65. The van der Waals surface area contributed by atoms with Crippen molar-refractivity contribution in [2.75, 3.05) is 11.9 Å². The van der Waals surface area contributed by atoms with Crippen LogP contribution in [-0.2, 0) is 6.42 Å². The minimum absolute atomic E-state index is 0.207. The van der Waals surface area contributed by atoms with Gasteiger partial charge in [-0.1, -0.05) is 35.9 Å². The van der Waals surface area contributed by atoms with E-state index in [2.05, 4.69) is 29.7 Å². The Kier molecular flexibility index (Phi) is 5.02. The minimum atomic E-state index is -0.207. The fourth-order valence-electron chi connectivity index (χ4n) is 1.91. The smallest absolute Gasteiger partial charge is 0.319 e. The minimum Gasteiger partial charge on any atom is -0.338 e. The first-order valence-electron chi connectivity index (χ1n) is 6.50. The molecule has 0 aromatic heterocycles. The zero-order valence-electron chi connectivity index (χ0n) is 11.3. The lowest BCUT2D eigenvalue weighted by molar-refractivity contribution is 0.252. The van der Waals surface area contributed by atoms with Crippen LogP contribution in [0.15, 0.2) is 48.5 Å². The molecule has 104 valence electrons. The van der Waals surface area contributed by atoms with Crippen LogP contribution in [0.4, 0.5) is 10.5 Å². The summed E-state index contributed by atoms with van der Waals surface area (Å²) in [6.07, 6.45) is 0.820. The van der Waals surface area contributed by atoms with Gasteiger partial charge in [0.05, 0.1) is 0 Å². The standard InChI is InChI=1S/C16H17ClN2O/c1-12-4-2-3-5-13(12)10-11-18-16(20)19-15-8-6-14(17)7-9-15/h2-9H,10-11H2,1H3,(H2,18,19,20). The number of anilines is 1. The van der Waals surface area contributed by atoms with E-state index in [0.29, 0.717) is 11.6 Å². The molecule has 4 heteroatoms. The van der Waals surface area contributed by atoms with Gasteiger partial charge in [-0.15, -0.1) is 0 Å².